The molecule has 0 radical (unpaired) electrons. The van der Waals surface area contributed by atoms with Gasteiger partial charge < -0.3 is 18.3 Å². The molecular formula is C13H28O6Si2. The number of carbonyl (C=O) groups is 2. The highest BCUT2D eigenvalue weighted by Crippen LogP contribution is 2.04. The molecule has 0 N–H and O–H groups in total. The van der Waals surface area contributed by atoms with Crippen molar-refractivity contribution in [2.24, 2.45) is 0 Å². The van der Waals surface area contributed by atoms with Gasteiger partial charge in [0.05, 0.1) is 0 Å². The van der Waals surface area contributed by atoms with E-state index in [9.17, 15) is 9.59 Å². The van der Waals surface area contributed by atoms with Crippen LogP contribution in [0.5, 0.6) is 0 Å². The summed E-state index contributed by atoms with van der Waals surface area (Å²) in [5.41, 5.74) is 1.77. The van der Waals surface area contributed by atoms with Crippen LogP contribution in [-0.2, 0) is 27.9 Å². The fourth-order valence-corrected chi connectivity index (χ4v) is 3.11. The summed E-state index contributed by atoms with van der Waals surface area (Å²) in [6.45, 7) is 12.1. The Morgan fingerprint density at radius 3 is 1.67 bits per heavy atom. The van der Waals surface area contributed by atoms with Crippen molar-refractivity contribution in [3.05, 3.63) is 11.8 Å². The standard InChI is InChI=1S/C7H12O4Si.C6H16O2Si/c1-5(8)10-7(3-4-12)11-6(2)9;1-5-7-9(3,4)8-6-2/h3-4,7H,1-2,12H3;5-6H2,1-4H3. The Morgan fingerprint density at radius 1 is 1.05 bits per heavy atom. The van der Waals surface area contributed by atoms with Crippen LogP contribution >= 0.6 is 0 Å². The van der Waals surface area contributed by atoms with Gasteiger partial charge in [-0.25, -0.2) is 0 Å². The maximum absolute atomic E-state index is 10.5. The molecule has 0 heterocycles. The highest BCUT2D eigenvalue weighted by Gasteiger charge is 2.22. The first-order chi connectivity index (χ1) is 9.68. The van der Waals surface area contributed by atoms with Crippen LogP contribution in [0.25, 0.3) is 0 Å². The molecule has 0 aromatic rings. The molecule has 8 heteroatoms. The zero-order chi connectivity index (χ0) is 16.9. The number of ether oxygens (including phenoxy) is 2. The van der Waals surface area contributed by atoms with Crippen molar-refractivity contribution in [3.63, 3.8) is 0 Å². The first-order valence-corrected chi connectivity index (χ1v) is 10.9. The van der Waals surface area contributed by atoms with Gasteiger partial charge in [-0.15, -0.1) is 5.70 Å². The number of hydrogen-bond donors (Lipinski definition) is 0. The van der Waals surface area contributed by atoms with E-state index in [0.717, 1.165) is 23.5 Å². The van der Waals surface area contributed by atoms with Gasteiger partial charge in [0, 0.05) is 37.3 Å². The first-order valence-electron chi connectivity index (χ1n) is 6.93. The van der Waals surface area contributed by atoms with Crippen LogP contribution in [0.1, 0.15) is 27.7 Å². The lowest BCUT2D eigenvalue weighted by molar-refractivity contribution is -0.176. The van der Waals surface area contributed by atoms with Crippen LogP contribution in [-0.4, -0.2) is 50.2 Å². The number of hydrogen-bond acceptors (Lipinski definition) is 6. The largest absolute Gasteiger partial charge is 0.421 e. The van der Waals surface area contributed by atoms with Gasteiger partial charge >= 0.3 is 20.5 Å². The average molecular weight is 337 g/mol. The van der Waals surface area contributed by atoms with E-state index in [1.54, 1.807) is 5.70 Å². The maximum Gasteiger partial charge on any atom is 0.331 e. The van der Waals surface area contributed by atoms with Gasteiger partial charge in [0.2, 0.25) is 0 Å². The summed E-state index contributed by atoms with van der Waals surface area (Å²) in [6, 6.07) is 0. The summed E-state index contributed by atoms with van der Waals surface area (Å²) in [6.07, 6.45) is 0.673. The number of esters is 2. The smallest absolute Gasteiger partial charge is 0.331 e. The van der Waals surface area contributed by atoms with Gasteiger partial charge in [-0.05, 0) is 33.0 Å². The third-order valence-electron chi connectivity index (χ3n) is 1.90. The molecule has 0 spiro atoms. The van der Waals surface area contributed by atoms with Crippen molar-refractivity contribution in [1.29, 1.82) is 0 Å². The number of carbonyl (C=O) groups excluding carboxylic acids is 2. The van der Waals surface area contributed by atoms with E-state index in [1.807, 2.05) is 13.8 Å². The summed E-state index contributed by atoms with van der Waals surface area (Å²) in [5, 5.41) is 0. The highest BCUT2D eigenvalue weighted by atomic mass is 28.4. The Labute approximate surface area is 131 Å². The first kappa shape index (κ1) is 22.3. The molecule has 0 aliphatic heterocycles. The van der Waals surface area contributed by atoms with E-state index in [2.05, 4.69) is 22.6 Å². The highest BCUT2D eigenvalue weighted by molar-refractivity contribution is 6.64. The van der Waals surface area contributed by atoms with Crippen LogP contribution in [0.2, 0.25) is 13.1 Å². The molecule has 0 rings (SSSR count). The minimum absolute atomic E-state index is 0.471. The molecule has 0 saturated carbocycles. The Balaban J connectivity index is 0. The van der Waals surface area contributed by atoms with E-state index in [-0.39, 0.29) is 0 Å². The summed E-state index contributed by atoms with van der Waals surface area (Å²) < 4.78 is 20.1. The summed E-state index contributed by atoms with van der Waals surface area (Å²) in [7, 11) is -0.879. The third kappa shape index (κ3) is 17.0. The topological polar surface area (TPSA) is 71.1 Å². The molecule has 0 saturated heterocycles. The average Bonchev–Trinajstić information content (AvgIpc) is 2.27. The Kier molecular flexibility index (Phi) is 13.6. The molecule has 6 nitrogen and oxygen atoms in total. The lowest BCUT2D eigenvalue weighted by Crippen LogP contribution is -2.34. The Bertz CT molecular complexity index is 307. The van der Waals surface area contributed by atoms with E-state index < -0.39 is 26.8 Å². The summed E-state index contributed by atoms with van der Waals surface area (Å²) in [4.78, 5) is 20.9. The third-order valence-corrected chi connectivity index (χ3v) is 4.25. The summed E-state index contributed by atoms with van der Waals surface area (Å²) >= 11 is 0. The quantitative estimate of drug-likeness (QED) is 0.394. The molecule has 0 aliphatic carbocycles. The van der Waals surface area contributed by atoms with Crippen molar-refractivity contribution in [2.45, 2.75) is 47.1 Å². The normalized spacial score (nSPS) is 11.2. The van der Waals surface area contributed by atoms with Crippen LogP contribution in [0.3, 0.4) is 0 Å². The molecular weight excluding hydrogens is 308 g/mol. The van der Waals surface area contributed by atoms with Crippen molar-refractivity contribution >= 4 is 30.7 Å². The molecule has 0 aromatic carbocycles. The van der Waals surface area contributed by atoms with Crippen LogP contribution in [0.4, 0.5) is 0 Å². The molecule has 0 atom stereocenters. The van der Waals surface area contributed by atoms with Crippen molar-refractivity contribution < 1.29 is 27.9 Å². The lowest BCUT2D eigenvalue weighted by Gasteiger charge is -2.20. The zero-order valence-corrected chi connectivity index (χ0v) is 17.1. The predicted octanol–water partition coefficient (Wildman–Crippen LogP) is 1.08. The molecule has 0 amide bonds. The van der Waals surface area contributed by atoms with Gasteiger partial charge in [-0.2, -0.15) is 0 Å². The lowest BCUT2D eigenvalue weighted by atomic mass is 10.6. The van der Waals surface area contributed by atoms with Gasteiger partial charge in [0.25, 0.3) is 6.29 Å². The second-order valence-electron chi connectivity index (χ2n) is 4.38. The summed E-state index contributed by atoms with van der Waals surface area (Å²) in [5.74, 6) is -0.943. The van der Waals surface area contributed by atoms with Crippen molar-refractivity contribution in [1.82, 2.24) is 0 Å². The van der Waals surface area contributed by atoms with E-state index >= 15 is 0 Å². The SMILES string of the molecule is CC(=O)OC(C=C[SiH3])OC(C)=O.CCO[Si](C)(C)OCC. The van der Waals surface area contributed by atoms with E-state index in [1.165, 1.54) is 19.9 Å². The molecule has 0 unspecified atom stereocenters. The fraction of sp³-hybridized carbons (Fsp3) is 0.692. The van der Waals surface area contributed by atoms with Crippen LogP contribution in [0.15, 0.2) is 11.8 Å². The van der Waals surface area contributed by atoms with Gasteiger partial charge in [0.1, 0.15) is 0 Å². The van der Waals surface area contributed by atoms with Gasteiger partial charge in [-0.3, -0.25) is 9.59 Å². The minimum Gasteiger partial charge on any atom is -0.421 e. The molecule has 0 aromatic heterocycles. The monoisotopic (exact) mass is 336 g/mol. The molecule has 21 heavy (non-hydrogen) atoms. The van der Waals surface area contributed by atoms with Crippen LogP contribution in [0, 0.1) is 0 Å². The van der Waals surface area contributed by atoms with Gasteiger partial charge in [-0.1, -0.05) is 0 Å². The second-order valence-corrected chi connectivity index (χ2v) is 8.42. The zero-order valence-electron chi connectivity index (χ0n) is 14.1. The predicted molar refractivity (Wildman–Crippen MR) is 87.1 cm³/mol. The molecule has 0 bridgehead atoms. The molecule has 124 valence electrons. The second kappa shape index (κ2) is 12.8. The minimum atomic E-state index is -1.70. The fourth-order valence-electron chi connectivity index (χ4n) is 1.32. The van der Waals surface area contributed by atoms with Crippen LogP contribution < -0.4 is 0 Å². The Hall–Kier alpha value is -0.966. The van der Waals surface area contributed by atoms with Crippen molar-refractivity contribution in [3.8, 4) is 0 Å². The Morgan fingerprint density at radius 2 is 1.43 bits per heavy atom. The molecule has 0 aliphatic rings. The van der Waals surface area contributed by atoms with E-state index in [4.69, 9.17) is 8.85 Å². The van der Waals surface area contributed by atoms with Crippen molar-refractivity contribution in [2.75, 3.05) is 13.2 Å². The molecule has 0 fully saturated rings. The van der Waals surface area contributed by atoms with E-state index in [0.29, 0.717) is 0 Å². The maximum atomic E-state index is 10.5. The van der Waals surface area contributed by atoms with Gasteiger partial charge in [0.15, 0.2) is 0 Å². The number of rotatable bonds is 7.